The molecule has 138 valence electrons. The predicted molar refractivity (Wildman–Crippen MR) is 103 cm³/mol. The Bertz CT molecular complexity index is 638. The number of halogens is 2. The summed E-state index contributed by atoms with van der Waals surface area (Å²) in [5, 5.41) is 3.49. The Morgan fingerprint density at radius 2 is 1.96 bits per heavy atom. The number of amides is 2. The van der Waals surface area contributed by atoms with E-state index in [4.69, 9.17) is 16.3 Å². The van der Waals surface area contributed by atoms with Gasteiger partial charge in [0.25, 0.3) is 0 Å². The first-order chi connectivity index (χ1) is 11.6. The third-order valence-electron chi connectivity index (χ3n) is 3.94. The molecule has 0 spiro atoms. The fourth-order valence-electron chi connectivity index (χ4n) is 2.69. The lowest BCUT2D eigenvalue weighted by Crippen LogP contribution is -2.42. The van der Waals surface area contributed by atoms with E-state index >= 15 is 0 Å². The highest BCUT2D eigenvalue weighted by Crippen LogP contribution is 2.27. The standard InChI is InChI=1S/C18H24BrClN2O3/c1-18(2,3)25-17(24)22-8-6-12(7-9-22)10-16(23)21-13-4-5-15(20)14(19)11-13/h4-5,11-12H,6-10H2,1-3H3,(H,21,23). The van der Waals surface area contributed by atoms with Crippen molar-refractivity contribution in [1.29, 1.82) is 0 Å². The van der Waals surface area contributed by atoms with Crippen LogP contribution in [0.1, 0.15) is 40.0 Å². The second-order valence-electron chi connectivity index (χ2n) is 7.29. The molecule has 0 bridgehead atoms. The maximum absolute atomic E-state index is 12.2. The minimum atomic E-state index is -0.485. The van der Waals surface area contributed by atoms with Crippen molar-refractivity contribution in [3.8, 4) is 0 Å². The van der Waals surface area contributed by atoms with Crippen molar-refractivity contribution < 1.29 is 14.3 Å². The smallest absolute Gasteiger partial charge is 0.410 e. The molecule has 0 unspecified atom stereocenters. The number of carbonyl (C=O) groups is 2. The van der Waals surface area contributed by atoms with E-state index in [1.54, 1.807) is 23.1 Å². The number of piperidine rings is 1. The maximum atomic E-state index is 12.2. The third-order valence-corrected chi connectivity index (χ3v) is 5.16. The van der Waals surface area contributed by atoms with E-state index in [1.807, 2.05) is 20.8 Å². The van der Waals surface area contributed by atoms with Crippen LogP contribution in [0.2, 0.25) is 5.02 Å². The molecule has 1 N–H and O–H groups in total. The zero-order chi connectivity index (χ0) is 18.6. The fourth-order valence-corrected chi connectivity index (χ4v) is 3.19. The number of hydrogen-bond donors (Lipinski definition) is 1. The highest BCUT2D eigenvalue weighted by molar-refractivity contribution is 9.10. The Balaban J connectivity index is 1.78. The molecular weight excluding hydrogens is 408 g/mol. The van der Waals surface area contributed by atoms with Gasteiger partial charge in [0, 0.05) is 29.7 Å². The first-order valence-electron chi connectivity index (χ1n) is 8.37. The molecule has 0 atom stereocenters. The molecule has 2 rings (SSSR count). The zero-order valence-electron chi connectivity index (χ0n) is 14.8. The van der Waals surface area contributed by atoms with Crippen LogP contribution in [0.3, 0.4) is 0 Å². The van der Waals surface area contributed by atoms with Gasteiger partial charge in [0.15, 0.2) is 0 Å². The Morgan fingerprint density at radius 3 is 2.52 bits per heavy atom. The number of likely N-dealkylation sites (tertiary alicyclic amines) is 1. The van der Waals surface area contributed by atoms with E-state index in [0.717, 1.165) is 17.3 Å². The van der Waals surface area contributed by atoms with Crippen molar-refractivity contribution in [2.75, 3.05) is 18.4 Å². The number of carbonyl (C=O) groups excluding carboxylic acids is 2. The highest BCUT2D eigenvalue weighted by atomic mass is 79.9. The number of benzene rings is 1. The topological polar surface area (TPSA) is 58.6 Å². The fraction of sp³-hybridized carbons (Fsp3) is 0.556. The maximum Gasteiger partial charge on any atom is 0.410 e. The van der Waals surface area contributed by atoms with Crippen LogP contribution < -0.4 is 5.32 Å². The molecular formula is C18H24BrClN2O3. The van der Waals surface area contributed by atoms with Crippen molar-refractivity contribution in [3.63, 3.8) is 0 Å². The molecule has 0 saturated carbocycles. The molecule has 1 aliphatic rings. The summed E-state index contributed by atoms with van der Waals surface area (Å²) in [6, 6.07) is 5.29. The molecule has 0 aliphatic carbocycles. The average molecular weight is 432 g/mol. The second kappa shape index (κ2) is 8.41. The number of anilines is 1. The number of rotatable bonds is 3. The van der Waals surface area contributed by atoms with Crippen LogP contribution in [-0.2, 0) is 9.53 Å². The van der Waals surface area contributed by atoms with Crippen LogP contribution >= 0.6 is 27.5 Å². The summed E-state index contributed by atoms with van der Waals surface area (Å²) in [6.07, 6.45) is 1.78. The largest absolute Gasteiger partial charge is 0.444 e. The normalized spacial score (nSPS) is 15.8. The van der Waals surface area contributed by atoms with Gasteiger partial charge in [-0.15, -0.1) is 0 Å². The molecule has 1 aromatic rings. The van der Waals surface area contributed by atoms with Gasteiger partial charge in [-0.1, -0.05) is 11.6 Å². The second-order valence-corrected chi connectivity index (χ2v) is 8.55. The van der Waals surface area contributed by atoms with Crippen molar-refractivity contribution in [3.05, 3.63) is 27.7 Å². The van der Waals surface area contributed by atoms with Gasteiger partial charge >= 0.3 is 6.09 Å². The molecule has 0 radical (unpaired) electrons. The molecule has 1 aromatic carbocycles. The first-order valence-corrected chi connectivity index (χ1v) is 9.54. The van der Waals surface area contributed by atoms with E-state index < -0.39 is 5.60 Å². The van der Waals surface area contributed by atoms with E-state index in [-0.39, 0.29) is 17.9 Å². The molecule has 1 fully saturated rings. The molecule has 2 amide bonds. The van der Waals surface area contributed by atoms with Crippen LogP contribution in [0.15, 0.2) is 22.7 Å². The van der Waals surface area contributed by atoms with Gasteiger partial charge in [-0.25, -0.2) is 4.79 Å². The minimum Gasteiger partial charge on any atom is -0.444 e. The van der Waals surface area contributed by atoms with Crippen LogP contribution in [0.5, 0.6) is 0 Å². The van der Waals surface area contributed by atoms with Gasteiger partial charge in [-0.2, -0.15) is 0 Å². The number of nitrogens with zero attached hydrogens (tertiary/aromatic N) is 1. The summed E-state index contributed by atoms with van der Waals surface area (Å²) in [5.74, 6) is 0.249. The van der Waals surface area contributed by atoms with Gasteiger partial charge in [-0.05, 0) is 73.7 Å². The quantitative estimate of drug-likeness (QED) is 0.726. The Kier molecular flexibility index (Phi) is 6.74. The molecule has 1 heterocycles. The van der Waals surface area contributed by atoms with Crippen LogP contribution in [0, 0.1) is 5.92 Å². The van der Waals surface area contributed by atoms with E-state index in [9.17, 15) is 9.59 Å². The van der Waals surface area contributed by atoms with Crippen molar-refractivity contribution >= 4 is 45.2 Å². The van der Waals surface area contributed by atoms with Crippen molar-refractivity contribution in [2.45, 2.75) is 45.6 Å². The van der Waals surface area contributed by atoms with Crippen LogP contribution in [0.4, 0.5) is 10.5 Å². The summed E-state index contributed by atoms with van der Waals surface area (Å²) >= 11 is 9.29. The van der Waals surface area contributed by atoms with E-state index in [2.05, 4.69) is 21.2 Å². The van der Waals surface area contributed by atoms with Gasteiger partial charge < -0.3 is 15.0 Å². The third kappa shape index (κ3) is 6.51. The highest BCUT2D eigenvalue weighted by Gasteiger charge is 2.27. The number of hydrogen-bond acceptors (Lipinski definition) is 3. The molecule has 0 aromatic heterocycles. The first kappa shape index (κ1) is 20.0. The lowest BCUT2D eigenvalue weighted by molar-refractivity contribution is -0.117. The monoisotopic (exact) mass is 430 g/mol. The molecule has 1 aliphatic heterocycles. The van der Waals surface area contributed by atoms with E-state index in [0.29, 0.717) is 30.2 Å². The van der Waals surface area contributed by atoms with Crippen LogP contribution in [0.25, 0.3) is 0 Å². The molecule has 25 heavy (non-hydrogen) atoms. The SMILES string of the molecule is CC(C)(C)OC(=O)N1CCC(CC(=O)Nc2ccc(Cl)c(Br)c2)CC1. The van der Waals surface area contributed by atoms with Crippen molar-refractivity contribution in [2.24, 2.45) is 5.92 Å². The van der Waals surface area contributed by atoms with E-state index in [1.165, 1.54) is 0 Å². The van der Waals surface area contributed by atoms with Gasteiger partial charge in [-0.3, -0.25) is 4.79 Å². The predicted octanol–water partition coefficient (Wildman–Crippen LogP) is 5.08. The molecule has 5 nitrogen and oxygen atoms in total. The molecule has 1 saturated heterocycles. The van der Waals surface area contributed by atoms with Gasteiger partial charge in [0.1, 0.15) is 5.60 Å². The Labute approximate surface area is 162 Å². The van der Waals surface area contributed by atoms with Crippen LogP contribution in [-0.4, -0.2) is 35.6 Å². The van der Waals surface area contributed by atoms with Gasteiger partial charge in [0.05, 0.1) is 5.02 Å². The summed E-state index contributed by atoms with van der Waals surface area (Å²) in [4.78, 5) is 26.0. The Morgan fingerprint density at radius 1 is 1.32 bits per heavy atom. The Hall–Kier alpha value is -1.27. The summed E-state index contributed by atoms with van der Waals surface area (Å²) < 4.78 is 6.13. The summed E-state index contributed by atoms with van der Waals surface area (Å²) in [6.45, 7) is 6.82. The lowest BCUT2D eigenvalue weighted by atomic mass is 9.93. The average Bonchev–Trinajstić information content (AvgIpc) is 2.50. The number of ether oxygens (including phenoxy) is 1. The summed E-state index contributed by atoms with van der Waals surface area (Å²) in [7, 11) is 0. The summed E-state index contributed by atoms with van der Waals surface area (Å²) in [5.41, 5.74) is 0.230. The lowest BCUT2D eigenvalue weighted by Gasteiger charge is -2.33. The van der Waals surface area contributed by atoms with Gasteiger partial charge in [0.2, 0.25) is 5.91 Å². The zero-order valence-corrected chi connectivity index (χ0v) is 17.1. The minimum absolute atomic E-state index is 0.0232. The number of nitrogens with one attached hydrogen (secondary N) is 1. The van der Waals surface area contributed by atoms with Crippen molar-refractivity contribution in [1.82, 2.24) is 4.90 Å². The molecule has 7 heteroatoms.